The fourth-order valence-corrected chi connectivity index (χ4v) is 3.37. The first-order valence-electron chi connectivity index (χ1n) is 8.60. The molecule has 140 valence electrons. The van der Waals surface area contributed by atoms with Crippen molar-refractivity contribution in [2.24, 2.45) is 5.73 Å². The van der Waals surface area contributed by atoms with E-state index >= 15 is 0 Å². The molecule has 0 aliphatic carbocycles. The summed E-state index contributed by atoms with van der Waals surface area (Å²) in [6, 6.07) is 3.60. The molecule has 4 N–H and O–H groups in total. The Labute approximate surface area is 150 Å². The Morgan fingerprint density at radius 2 is 2.15 bits per heavy atom. The Hall–Kier alpha value is -2.68. The number of piperidine rings is 1. The van der Waals surface area contributed by atoms with Crippen LogP contribution in [0.15, 0.2) is 18.2 Å². The van der Waals surface area contributed by atoms with Crippen molar-refractivity contribution in [2.75, 3.05) is 37.6 Å². The van der Waals surface area contributed by atoms with Crippen LogP contribution in [-0.4, -0.2) is 61.5 Å². The van der Waals surface area contributed by atoms with Crippen molar-refractivity contribution < 1.29 is 18.8 Å². The summed E-state index contributed by atoms with van der Waals surface area (Å²) < 4.78 is 14.2. The Morgan fingerprint density at radius 1 is 1.35 bits per heavy atom. The molecule has 1 atom stereocenters. The van der Waals surface area contributed by atoms with Crippen LogP contribution in [0.1, 0.15) is 23.2 Å². The van der Waals surface area contributed by atoms with E-state index in [2.05, 4.69) is 10.6 Å². The first kappa shape index (κ1) is 18.1. The van der Waals surface area contributed by atoms with Crippen LogP contribution >= 0.6 is 0 Å². The predicted molar refractivity (Wildman–Crippen MR) is 93.3 cm³/mol. The average molecular weight is 363 g/mol. The van der Waals surface area contributed by atoms with E-state index in [1.165, 1.54) is 23.1 Å². The fraction of sp³-hybridized carbons (Fsp3) is 0.471. The van der Waals surface area contributed by atoms with Gasteiger partial charge in [0.05, 0.1) is 12.1 Å². The Bertz CT molecular complexity index is 726. The number of rotatable bonds is 5. The summed E-state index contributed by atoms with van der Waals surface area (Å²) in [6.07, 6.45) is 1.56. The normalized spacial score (nSPS) is 20.7. The number of benzene rings is 1. The summed E-state index contributed by atoms with van der Waals surface area (Å²) in [5.74, 6) is -1.59. The summed E-state index contributed by atoms with van der Waals surface area (Å²) in [4.78, 5) is 38.7. The highest BCUT2D eigenvalue weighted by Crippen LogP contribution is 2.21. The van der Waals surface area contributed by atoms with Crippen molar-refractivity contribution in [1.29, 1.82) is 0 Å². The van der Waals surface area contributed by atoms with E-state index in [-0.39, 0.29) is 24.2 Å². The third-order valence-corrected chi connectivity index (χ3v) is 4.58. The minimum atomic E-state index is -0.643. The maximum absolute atomic E-state index is 14.2. The number of nitrogens with zero attached hydrogens (tertiary/aromatic N) is 2. The summed E-state index contributed by atoms with van der Waals surface area (Å²) in [6.45, 7) is 2.35. The van der Waals surface area contributed by atoms with Crippen LogP contribution in [0.5, 0.6) is 0 Å². The second-order valence-corrected chi connectivity index (χ2v) is 6.56. The molecule has 2 aliphatic rings. The topological polar surface area (TPSA) is 108 Å². The lowest BCUT2D eigenvalue weighted by atomic mass is 10.0. The number of nitrogens with one attached hydrogen (secondary N) is 2. The van der Waals surface area contributed by atoms with E-state index in [0.29, 0.717) is 25.3 Å². The van der Waals surface area contributed by atoms with Crippen molar-refractivity contribution >= 4 is 23.5 Å². The van der Waals surface area contributed by atoms with Crippen molar-refractivity contribution in [3.05, 3.63) is 29.6 Å². The van der Waals surface area contributed by atoms with Crippen LogP contribution in [0.3, 0.4) is 0 Å². The second kappa shape index (κ2) is 7.69. The number of halogens is 1. The quantitative estimate of drug-likeness (QED) is 0.686. The molecule has 3 rings (SSSR count). The smallest absolute Gasteiger partial charge is 0.321 e. The van der Waals surface area contributed by atoms with Gasteiger partial charge in [0.25, 0.3) is 5.91 Å². The number of hydrogen-bond acceptors (Lipinski definition) is 4. The van der Waals surface area contributed by atoms with E-state index < -0.39 is 17.6 Å². The maximum atomic E-state index is 14.2. The van der Waals surface area contributed by atoms with E-state index in [1.54, 1.807) is 0 Å². The molecular weight excluding hydrogens is 341 g/mol. The van der Waals surface area contributed by atoms with Crippen LogP contribution in [0.25, 0.3) is 0 Å². The van der Waals surface area contributed by atoms with Crippen molar-refractivity contribution in [3.63, 3.8) is 0 Å². The van der Waals surface area contributed by atoms with Gasteiger partial charge in [-0.1, -0.05) is 0 Å². The number of primary amides is 1. The molecule has 26 heavy (non-hydrogen) atoms. The van der Waals surface area contributed by atoms with E-state index in [9.17, 15) is 18.8 Å². The molecule has 4 amide bonds. The number of urea groups is 1. The number of anilines is 1. The molecule has 0 aromatic heterocycles. The van der Waals surface area contributed by atoms with Gasteiger partial charge in [-0.25, -0.2) is 9.18 Å². The van der Waals surface area contributed by atoms with Crippen molar-refractivity contribution in [3.8, 4) is 0 Å². The highest BCUT2D eigenvalue weighted by molar-refractivity contribution is 5.98. The van der Waals surface area contributed by atoms with Gasteiger partial charge in [-0.2, -0.15) is 0 Å². The molecule has 1 aromatic rings. The number of amides is 4. The molecular formula is C17H22FN5O3. The summed E-state index contributed by atoms with van der Waals surface area (Å²) in [7, 11) is 0. The van der Waals surface area contributed by atoms with Crippen LogP contribution in [-0.2, 0) is 4.79 Å². The van der Waals surface area contributed by atoms with Crippen LogP contribution in [0, 0.1) is 5.82 Å². The fourth-order valence-electron chi connectivity index (χ4n) is 3.37. The van der Waals surface area contributed by atoms with Crippen molar-refractivity contribution in [1.82, 2.24) is 15.5 Å². The first-order chi connectivity index (χ1) is 12.4. The number of nitrogens with two attached hydrogens (primary N) is 1. The molecule has 1 aromatic carbocycles. The van der Waals surface area contributed by atoms with Crippen LogP contribution in [0.4, 0.5) is 14.9 Å². The Balaban J connectivity index is 1.69. The van der Waals surface area contributed by atoms with Crippen molar-refractivity contribution in [2.45, 2.75) is 18.9 Å². The van der Waals surface area contributed by atoms with Gasteiger partial charge in [0.2, 0.25) is 5.91 Å². The number of carbonyl (C=O) groups excluding carboxylic acids is 3. The molecule has 0 spiro atoms. The summed E-state index contributed by atoms with van der Waals surface area (Å²) in [5, 5.41) is 5.48. The minimum absolute atomic E-state index is 0.103. The monoisotopic (exact) mass is 363 g/mol. The van der Waals surface area contributed by atoms with Crippen LogP contribution in [0.2, 0.25) is 0 Å². The highest BCUT2D eigenvalue weighted by Gasteiger charge is 2.26. The Kier molecular flexibility index (Phi) is 5.36. The van der Waals surface area contributed by atoms with E-state index in [1.807, 2.05) is 4.90 Å². The maximum Gasteiger partial charge on any atom is 0.321 e. The average Bonchev–Trinajstić information content (AvgIpc) is 3.01. The van der Waals surface area contributed by atoms with E-state index in [4.69, 9.17) is 5.73 Å². The summed E-state index contributed by atoms with van der Waals surface area (Å²) in [5.41, 5.74) is 5.59. The predicted octanol–water partition coefficient (Wildman–Crippen LogP) is 0.0348. The van der Waals surface area contributed by atoms with Gasteiger partial charge in [0, 0.05) is 31.4 Å². The zero-order chi connectivity index (χ0) is 18.7. The molecule has 8 nitrogen and oxygen atoms in total. The van der Waals surface area contributed by atoms with Gasteiger partial charge in [-0.15, -0.1) is 0 Å². The van der Waals surface area contributed by atoms with Gasteiger partial charge in [-0.05, 0) is 37.6 Å². The SMILES string of the molecule is NC(=O)CN1CCCC(NC(=O)c2cc(N3CCNC3=O)ccc2F)C1. The van der Waals surface area contributed by atoms with Gasteiger partial charge >= 0.3 is 6.03 Å². The standard InChI is InChI=1S/C17H22FN5O3/c18-14-4-3-12(23-7-5-20-17(23)26)8-13(14)16(25)21-11-2-1-6-22(9-11)10-15(19)24/h3-4,8,11H,1-2,5-7,9-10H2,(H2,19,24)(H,20,26)(H,21,25). The third kappa shape index (κ3) is 4.10. The molecule has 2 saturated heterocycles. The van der Waals surface area contributed by atoms with Gasteiger partial charge in [0.1, 0.15) is 5.82 Å². The van der Waals surface area contributed by atoms with Gasteiger partial charge < -0.3 is 16.4 Å². The lowest BCUT2D eigenvalue weighted by Crippen LogP contribution is -2.49. The molecule has 1 unspecified atom stereocenters. The number of hydrogen-bond donors (Lipinski definition) is 3. The minimum Gasteiger partial charge on any atom is -0.369 e. The third-order valence-electron chi connectivity index (χ3n) is 4.58. The van der Waals surface area contributed by atoms with E-state index in [0.717, 1.165) is 19.4 Å². The lowest BCUT2D eigenvalue weighted by Gasteiger charge is -2.32. The highest BCUT2D eigenvalue weighted by atomic mass is 19.1. The molecule has 2 heterocycles. The van der Waals surface area contributed by atoms with Crippen LogP contribution < -0.4 is 21.3 Å². The first-order valence-corrected chi connectivity index (χ1v) is 8.60. The molecule has 2 fully saturated rings. The number of carbonyl (C=O) groups is 3. The zero-order valence-electron chi connectivity index (χ0n) is 14.3. The molecule has 2 aliphatic heterocycles. The second-order valence-electron chi connectivity index (χ2n) is 6.56. The largest absolute Gasteiger partial charge is 0.369 e. The number of likely N-dealkylation sites (tertiary alicyclic amines) is 1. The zero-order valence-corrected chi connectivity index (χ0v) is 14.3. The summed E-state index contributed by atoms with van der Waals surface area (Å²) >= 11 is 0. The molecule has 0 saturated carbocycles. The Morgan fingerprint density at radius 3 is 2.85 bits per heavy atom. The molecule has 0 radical (unpaired) electrons. The van der Waals surface area contributed by atoms with Gasteiger partial charge in [0.15, 0.2) is 0 Å². The molecule has 0 bridgehead atoms. The van der Waals surface area contributed by atoms with Gasteiger partial charge in [-0.3, -0.25) is 19.4 Å². The molecule has 9 heteroatoms. The lowest BCUT2D eigenvalue weighted by molar-refractivity contribution is -0.119.